The van der Waals surface area contributed by atoms with Gasteiger partial charge in [0.2, 0.25) is 0 Å². The number of aromatic nitrogens is 1. The molecule has 1 unspecified atom stereocenters. The van der Waals surface area contributed by atoms with Gasteiger partial charge in [0.05, 0.1) is 0 Å². The Balaban J connectivity index is 2.03. The number of nitrogens with zero attached hydrogens (tertiary/aromatic N) is 2. The first-order valence-electron chi connectivity index (χ1n) is 6.21. The molecule has 1 saturated carbocycles. The van der Waals surface area contributed by atoms with Crippen LogP contribution in [0.25, 0.3) is 0 Å². The minimum atomic E-state index is 0.278. The molecule has 1 atom stereocenters. The Morgan fingerprint density at radius 3 is 2.82 bits per heavy atom. The maximum absolute atomic E-state index is 5.91. The number of halogens is 1. The molecule has 0 saturated heterocycles. The summed E-state index contributed by atoms with van der Waals surface area (Å²) in [6.07, 6.45) is 7.86. The van der Waals surface area contributed by atoms with Gasteiger partial charge in [-0.15, -0.1) is 0 Å². The second-order valence-corrected chi connectivity index (χ2v) is 5.84. The highest BCUT2D eigenvalue weighted by Crippen LogP contribution is 2.29. The highest BCUT2D eigenvalue weighted by Gasteiger charge is 2.23. The second kappa shape index (κ2) is 5.94. The van der Waals surface area contributed by atoms with Crippen LogP contribution in [0, 0.1) is 5.92 Å². The molecule has 1 aliphatic rings. The molecule has 17 heavy (non-hydrogen) atoms. The fraction of sp³-hybridized carbons (Fsp3) is 0.615. The van der Waals surface area contributed by atoms with Crippen molar-refractivity contribution in [2.75, 3.05) is 20.1 Å². The van der Waals surface area contributed by atoms with E-state index in [1.165, 1.54) is 24.8 Å². The first kappa shape index (κ1) is 13.0. The molecule has 2 N–H and O–H groups in total. The predicted molar refractivity (Wildman–Crippen MR) is 73.7 cm³/mol. The van der Waals surface area contributed by atoms with E-state index in [0.29, 0.717) is 6.54 Å². The molecule has 2 rings (SSSR count). The number of rotatable bonds is 5. The van der Waals surface area contributed by atoms with Crippen LogP contribution >= 0.6 is 15.9 Å². The number of pyridine rings is 1. The molecular weight excluding hydrogens is 278 g/mol. The molecule has 0 amide bonds. The normalized spacial score (nSPS) is 18.1. The van der Waals surface area contributed by atoms with E-state index in [9.17, 15) is 0 Å². The molecule has 1 heterocycles. The summed E-state index contributed by atoms with van der Waals surface area (Å²) in [6.45, 7) is 1.79. The van der Waals surface area contributed by atoms with Gasteiger partial charge >= 0.3 is 0 Å². The van der Waals surface area contributed by atoms with E-state index in [2.05, 4.69) is 38.9 Å². The van der Waals surface area contributed by atoms with E-state index < -0.39 is 0 Å². The van der Waals surface area contributed by atoms with Crippen molar-refractivity contribution >= 4 is 15.9 Å². The summed E-state index contributed by atoms with van der Waals surface area (Å²) in [5.41, 5.74) is 7.10. The number of likely N-dealkylation sites (N-methyl/N-ethyl adjacent to an activating group) is 1. The van der Waals surface area contributed by atoms with Crippen molar-refractivity contribution in [3.63, 3.8) is 0 Å². The topological polar surface area (TPSA) is 42.1 Å². The second-order valence-electron chi connectivity index (χ2n) is 4.92. The molecule has 0 radical (unpaired) electrons. The van der Waals surface area contributed by atoms with E-state index in [0.717, 1.165) is 16.9 Å². The molecule has 94 valence electrons. The van der Waals surface area contributed by atoms with Crippen molar-refractivity contribution in [2.24, 2.45) is 11.7 Å². The lowest BCUT2D eigenvalue weighted by atomic mass is 9.85. The van der Waals surface area contributed by atoms with Crippen LogP contribution in [0.1, 0.15) is 30.9 Å². The maximum Gasteiger partial charge on any atom is 0.0483 e. The lowest BCUT2D eigenvalue weighted by molar-refractivity contribution is 0.164. The van der Waals surface area contributed by atoms with Crippen LogP contribution in [0.15, 0.2) is 22.9 Å². The third kappa shape index (κ3) is 3.27. The first-order valence-corrected chi connectivity index (χ1v) is 7.00. The zero-order valence-electron chi connectivity index (χ0n) is 10.3. The average Bonchev–Trinajstić information content (AvgIpc) is 2.25. The molecule has 0 aliphatic heterocycles. The highest BCUT2D eigenvalue weighted by atomic mass is 79.9. The maximum atomic E-state index is 5.91. The highest BCUT2D eigenvalue weighted by molar-refractivity contribution is 9.10. The van der Waals surface area contributed by atoms with Crippen molar-refractivity contribution in [3.8, 4) is 0 Å². The van der Waals surface area contributed by atoms with Crippen LogP contribution in [0.3, 0.4) is 0 Å². The van der Waals surface area contributed by atoms with Crippen LogP contribution in [0.5, 0.6) is 0 Å². The molecule has 0 spiro atoms. The summed E-state index contributed by atoms with van der Waals surface area (Å²) in [5, 5.41) is 0. The van der Waals surface area contributed by atoms with Crippen molar-refractivity contribution in [2.45, 2.75) is 25.3 Å². The predicted octanol–water partition coefficient (Wildman–Crippen LogP) is 2.58. The van der Waals surface area contributed by atoms with Gasteiger partial charge < -0.3 is 5.73 Å². The van der Waals surface area contributed by atoms with E-state index in [1.54, 1.807) is 0 Å². The van der Waals surface area contributed by atoms with Crippen LogP contribution in [-0.4, -0.2) is 30.0 Å². The molecule has 0 bridgehead atoms. The number of hydrogen-bond donors (Lipinski definition) is 1. The molecule has 3 nitrogen and oxygen atoms in total. The van der Waals surface area contributed by atoms with E-state index in [1.807, 2.05) is 12.4 Å². The van der Waals surface area contributed by atoms with Gasteiger partial charge in [0.1, 0.15) is 0 Å². The standard InChI is InChI=1S/C13H20BrN3/c1-17(9-10-3-2-4-10)13(6-15)11-5-12(14)8-16-7-11/h5,7-8,10,13H,2-4,6,9,15H2,1H3. The summed E-state index contributed by atoms with van der Waals surface area (Å²) < 4.78 is 1.02. The molecule has 1 fully saturated rings. The smallest absolute Gasteiger partial charge is 0.0483 e. The van der Waals surface area contributed by atoms with Gasteiger partial charge in [-0.25, -0.2) is 0 Å². The lowest BCUT2D eigenvalue weighted by Gasteiger charge is -2.34. The summed E-state index contributed by atoms with van der Waals surface area (Å²) in [4.78, 5) is 6.59. The Kier molecular flexibility index (Phi) is 4.54. The van der Waals surface area contributed by atoms with Crippen molar-refractivity contribution < 1.29 is 0 Å². The van der Waals surface area contributed by atoms with E-state index >= 15 is 0 Å². The minimum Gasteiger partial charge on any atom is -0.329 e. The van der Waals surface area contributed by atoms with Gasteiger partial charge in [0.25, 0.3) is 0 Å². The third-order valence-corrected chi connectivity index (χ3v) is 4.07. The van der Waals surface area contributed by atoms with Crippen molar-refractivity contribution in [1.82, 2.24) is 9.88 Å². The number of hydrogen-bond acceptors (Lipinski definition) is 3. The first-order chi connectivity index (χ1) is 8.20. The van der Waals surface area contributed by atoms with E-state index in [-0.39, 0.29) is 6.04 Å². The molecule has 1 aromatic rings. The number of nitrogens with two attached hydrogens (primary N) is 1. The SMILES string of the molecule is CN(CC1CCC1)C(CN)c1cncc(Br)c1. The summed E-state index contributed by atoms with van der Waals surface area (Å²) >= 11 is 3.46. The zero-order chi connectivity index (χ0) is 12.3. The summed E-state index contributed by atoms with van der Waals surface area (Å²) in [6, 6.07) is 2.39. The van der Waals surface area contributed by atoms with E-state index in [4.69, 9.17) is 5.73 Å². The van der Waals surface area contributed by atoms with Gasteiger partial charge in [-0.05, 0) is 53.4 Å². The zero-order valence-corrected chi connectivity index (χ0v) is 11.9. The Morgan fingerprint density at radius 2 is 2.29 bits per heavy atom. The molecule has 0 aromatic carbocycles. The Labute approximate surface area is 112 Å². The Bertz CT molecular complexity index is 365. The molecule has 1 aliphatic carbocycles. The molecule has 1 aromatic heterocycles. The summed E-state index contributed by atoms with van der Waals surface area (Å²) in [5.74, 6) is 0.870. The van der Waals surface area contributed by atoms with Gasteiger partial charge in [0, 0.05) is 36.0 Å². The fourth-order valence-electron chi connectivity index (χ4n) is 2.39. The van der Waals surface area contributed by atoms with Gasteiger partial charge in [0.15, 0.2) is 0 Å². The van der Waals surface area contributed by atoms with Crippen LogP contribution in [-0.2, 0) is 0 Å². The average molecular weight is 298 g/mol. The quantitative estimate of drug-likeness (QED) is 0.908. The molecular formula is C13H20BrN3. The van der Waals surface area contributed by atoms with Crippen molar-refractivity contribution in [3.05, 3.63) is 28.5 Å². The molecule has 4 heteroatoms. The minimum absolute atomic E-state index is 0.278. The van der Waals surface area contributed by atoms with Gasteiger partial charge in [-0.2, -0.15) is 0 Å². The van der Waals surface area contributed by atoms with Gasteiger partial charge in [-0.3, -0.25) is 9.88 Å². The van der Waals surface area contributed by atoms with Crippen LogP contribution in [0.2, 0.25) is 0 Å². The van der Waals surface area contributed by atoms with Crippen molar-refractivity contribution in [1.29, 1.82) is 0 Å². The Morgan fingerprint density at radius 1 is 1.53 bits per heavy atom. The third-order valence-electron chi connectivity index (χ3n) is 3.64. The Hall–Kier alpha value is -0.450. The lowest BCUT2D eigenvalue weighted by Crippen LogP contribution is -2.36. The van der Waals surface area contributed by atoms with Gasteiger partial charge in [-0.1, -0.05) is 6.42 Å². The monoisotopic (exact) mass is 297 g/mol. The summed E-state index contributed by atoms with van der Waals surface area (Å²) in [7, 11) is 2.16. The largest absolute Gasteiger partial charge is 0.329 e. The van der Waals surface area contributed by atoms with Crippen LogP contribution in [0.4, 0.5) is 0 Å². The van der Waals surface area contributed by atoms with Crippen LogP contribution < -0.4 is 5.73 Å². The fourth-order valence-corrected chi connectivity index (χ4v) is 2.77.